The minimum absolute atomic E-state index is 0.00225. The van der Waals surface area contributed by atoms with Crippen molar-refractivity contribution in [2.75, 3.05) is 17.7 Å². The van der Waals surface area contributed by atoms with Gasteiger partial charge >= 0.3 is 6.18 Å². The van der Waals surface area contributed by atoms with Gasteiger partial charge in [-0.2, -0.15) is 18.2 Å². The van der Waals surface area contributed by atoms with Gasteiger partial charge in [-0.15, -0.1) is 0 Å². The normalized spacial score (nSPS) is 14.1. The molecular formula is C11H17F3N4O. The Labute approximate surface area is 109 Å². The molecule has 0 radical (unpaired) electrons. The standard InChI is InChI=1S/C11H17F3N4O/c1-6(19)10(2,3)18-8-5-7(11(12,13)14)16-9(15-4)17-8/h5-6,19H,1-4H3,(H2,15,16,17,18). The third-order valence-electron chi connectivity index (χ3n) is 2.73. The molecule has 0 aliphatic heterocycles. The molecule has 0 fully saturated rings. The van der Waals surface area contributed by atoms with Crippen molar-refractivity contribution in [1.82, 2.24) is 9.97 Å². The first-order valence-electron chi connectivity index (χ1n) is 5.66. The van der Waals surface area contributed by atoms with Gasteiger partial charge in [0.15, 0.2) is 5.69 Å². The van der Waals surface area contributed by atoms with E-state index in [2.05, 4.69) is 20.6 Å². The Morgan fingerprint density at radius 2 is 1.84 bits per heavy atom. The third kappa shape index (κ3) is 3.95. The van der Waals surface area contributed by atoms with Crippen LogP contribution >= 0.6 is 0 Å². The second-order valence-corrected chi connectivity index (χ2v) is 4.73. The van der Waals surface area contributed by atoms with E-state index in [4.69, 9.17) is 0 Å². The predicted molar refractivity (Wildman–Crippen MR) is 66.0 cm³/mol. The number of halogens is 3. The van der Waals surface area contributed by atoms with Crippen molar-refractivity contribution in [2.45, 2.75) is 38.6 Å². The number of aliphatic hydroxyl groups is 1. The molecule has 19 heavy (non-hydrogen) atoms. The van der Waals surface area contributed by atoms with Gasteiger partial charge in [0, 0.05) is 13.1 Å². The van der Waals surface area contributed by atoms with Crippen molar-refractivity contribution in [2.24, 2.45) is 0 Å². The Bertz CT molecular complexity index is 446. The van der Waals surface area contributed by atoms with E-state index in [1.165, 1.54) is 14.0 Å². The first-order valence-corrected chi connectivity index (χ1v) is 5.66. The molecule has 0 aliphatic rings. The summed E-state index contributed by atoms with van der Waals surface area (Å²) in [5.41, 5.74) is -1.86. The maximum Gasteiger partial charge on any atom is 0.433 e. The maximum absolute atomic E-state index is 12.7. The van der Waals surface area contributed by atoms with Crippen LogP contribution in [0, 0.1) is 0 Å². The van der Waals surface area contributed by atoms with Crippen molar-refractivity contribution in [3.05, 3.63) is 11.8 Å². The minimum Gasteiger partial charge on any atom is -0.391 e. The van der Waals surface area contributed by atoms with Crippen molar-refractivity contribution < 1.29 is 18.3 Å². The van der Waals surface area contributed by atoms with Crippen LogP contribution in [-0.2, 0) is 6.18 Å². The molecule has 0 saturated heterocycles. The third-order valence-corrected chi connectivity index (χ3v) is 2.73. The number of rotatable bonds is 4. The Hall–Kier alpha value is -1.57. The lowest BCUT2D eigenvalue weighted by atomic mass is 9.99. The molecule has 3 N–H and O–H groups in total. The highest BCUT2D eigenvalue weighted by atomic mass is 19.4. The topological polar surface area (TPSA) is 70.1 Å². The largest absolute Gasteiger partial charge is 0.433 e. The van der Waals surface area contributed by atoms with E-state index in [0.29, 0.717) is 0 Å². The second kappa shape index (κ2) is 5.20. The van der Waals surface area contributed by atoms with Gasteiger partial charge in [0.25, 0.3) is 0 Å². The molecule has 1 aromatic heterocycles. The molecule has 5 nitrogen and oxygen atoms in total. The SMILES string of the molecule is CNc1nc(NC(C)(C)C(C)O)cc(C(F)(F)F)n1. The van der Waals surface area contributed by atoms with E-state index in [9.17, 15) is 18.3 Å². The van der Waals surface area contributed by atoms with Gasteiger partial charge in [0.1, 0.15) is 5.82 Å². The van der Waals surface area contributed by atoms with Crippen LogP contribution < -0.4 is 10.6 Å². The molecule has 0 saturated carbocycles. The van der Waals surface area contributed by atoms with Crippen LogP contribution in [0.4, 0.5) is 24.9 Å². The summed E-state index contributed by atoms with van der Waals surface area (Å²) >= 11 is 0. The van der Waals surface area contributed by atoms with E-state index in [1.807, 2.05) is 0 Å². The fraction of sp³-hybridized carbons (Fsp3) is 0.636. The molecule has 1 rings (SSSR count). The smallest absolute Gasteiger partial charge is 0.391 e. The molecule has 1 aromatic rings. The maximum atomic E-state index is 12.7. The van der Waals surface area contributed by atoms with Gasteiger partial charge in [-0.1, -0.05) is 0 Å². The monoisotopic (exact) mass is 278 g/mol. The molecule has 1 atom stereocenters. The molecule has 1 unspecified atom stereocenters. The number of aromatic nitrogens is 2. The van der Waals surface area contributed by atoms with E-state index in [0.717, 1.165) is 6.07 Å². The summed E-state index contributed by atoms with van der Waals surface area (Å²) < 4.78 is 38.0. The van der Waals surface area contributed by atoms with Crippen LogP contribution in [0.3, 0.4) is 0 Å². The molecule has 0 bridgehead atoms. The van der Waals surface area contributed by atoms with Crippen LogP contribution in [-0.4, -0.2) is 33.8 Å². The van der Waals surface area contributed by atoms with E-state index in [1.54, 1.807) is 13.8 Å². The number of anilines is 2. The highest BCUT2D eigenvalue weighted by molar-refractivity contribution is 5.44. The second-order valence-electron chi connectivity index (χ2n) is 4.73. The Kier molecular flexibility index (Phi) is 4.24. The van der Waals surface area contributed by atoms with Gasteiger partial charge < -0.3 is 15.7 Å². The first-order chi connectivity index (χ1) is 8.56. The van der Waals surface area contributed by atoms with Crippen LogP contribution in [0.2, 0.25) is 0 Å². The molecule has 1 heterocycles. The lowest BCUT2D eigenvalue weighted by Crippen LogP contribution is -2.42. The summed E-state index contributed by atoms with van der Waals surface area (Å²) in [6.45, 7) is 4.86. The lowest BCUT2D eigenvalue weighted by molar-refractivity contribution is -0.141. The van der Waals surface area contributed by atoms with Gasteiger partial charge in [-0.05, 0) is 20.8 Å². The summed E-state index contributed by atoms with van der Waals surface area (Å²) in [6, 6.07) is 0.810. The van der Waals surface area contributed by atoms with E-state index < -0.39 is 23.5 Å². The van der Waals surface area contributed by atoms with Crippen molar-refractivity contribution in [3.63, 3.8) is 0 Å². The molecule has 0 spiro atoms. The fourth-order valence-electron chi connectivity index (χ4n) is 1.20. The van der Waals surface area contributed by atoms with Crippen LogP contribution in [0.1, 0.15) is 26.5 Å². The summed E-state index contributed by atoms with van der Waals surface area (Å²) in [5, 5.41) is 14.8. The fourth-order valence-corrected chi connectivity index (χ4v) is 1.20. The van der Waals surface area contributed by atoms with Crippen LogP contribution in [0.5, 0.6) is 0 Å². The summed E-state index contributed by atoms with van der Waals surface area (Å²) in [6.07, 6.45) is -5.32. The minimum atomic E-state index is -4.56. The lowest BCUT2D eigenvalue weighted by Gasteiger charge is -2.30. The van der Waals surface area contributed by atoms with Crippen molar-refractivity contribution in [1.29, 1.82) is 0 Å². The van der Waals surface area contributed by atoms with Crippen LogP contribution in [0.15, 0.2) is 6.07 Å². The molecule has 0 aromatic carbocycles. The number of hydrogen-bond donors (Lipinski definition) is 3. The Morgan fingerprint density at radius 1 is 1.26 bits per heavy atom. The zero-order chi connectivity index (χ0) is 14.8. The molecule has 0 aliphatic carbocycles. The van der Waals surface area contributed by atoms with Gasteiger partial charge in [0.05, 0.1) is 11.6 Å². The zero-order valence-corrected chi connectivity index (χ0v) is 11.1. The zero-order valence-electron chi connectivity index (χ0n) is 11.1. The molecular weight excluding hydrogens is 261 g/mol. The highest BCUT2D eigenvalue weighted by Gasteiger charge is 2.34. The van der Waals surface area contributed by atoms with Gasteiger partial charge in [-0.25, -0.2) is 4.98 Å². The van der Waals surface area contributed by atoms with E-state index in [-0.39, 0.29) is 11.8 Å². The van der Waals surface area contributed by atoms with Crippen molar-refractivity contribution in [3.8, 4) is 0 Å². The number of alkyl halides is 3. The summed E-state index contributed by atoms with van der Waals surface area (Å²) in [7, 11) is 1.43. The average molecular weight is 278 g/mol. The highest BCUT2D eigenvalue weighted by Crippen LogP contribution is 2.30. The average Bonchev–Trinajstić information content (AvgIpc) is 2.26. The Morgan fingerprint density at radius 3 is 2.26 bits per heavy atom. The van der Waals surface area contributed by atoms with Crippen molar-refractivity contribution >= 4 is 11.8 Å². The number of hydrogen-bond acceptors (Lipinski definition) is 5. The van der Waals surface area contributed by atoms with Gasteiger partial charge in [0.2, 0.25) is 5.95 Å². The summed E-state index contributed by atoms with van der Waals surface area (Å²) in [4.78, 5) is 7.24. The first kappa shape index (κ1) is 15.5. The number of nitrogens with zero attached hydrogens (tertiary/aromatic N) is 2. The number of aliphatic hydroxyl groups excluding tert-OH is 1. The number of nitrogens with one attached hydrogen (secondary N) is 2. The Balaban J connectivity index is 3.15. The van der Waals surface area contributed by atoms with E-state index >= 15 is 0 Å². The summed E-state index contributed by atoms with van der Waals surface area (Å²) in [5.74, 6) is -0.142. The molecule has 8 heteroatoms. The molecule has 0 amide bonds. The molecule has 108 valence electrons. The predicted octanol–water partition coefficient (Wildman–Crippen LogP) is 2.11. The quantitative estimate of drug-likeness (QED) is 0.787. The van der Waals surface area contributed by atoms with Gasteiger partial charge in [-0.3, -0.25) is 0 Å². The van der Waals surface area contributed by atoms with Crippen LogP contribution in [0.25, 0.3) is 0 Å².